The van der Waals surface area contributed by atoms with Crippen molar-refractivity contribution in [2.24, 2.45) is 5.92 Å². The van der Waals surface area contributed by atoms with Crippen LogP contribution in [0.15, 0.2) is 54.6 Å². The summed E-state index contributed by atoms with van der Waals surface area (Å²) in [6.45, 7) is 2.95. The van der Waals surface area contributed by atoms with Gasteiger partial charge in [0.2, 0.25) is 5.91 Å². The lowest BCUT2D eigenvalue weighted by molar-refractivity contribution is -0.133. The Morgan fingerprint density at radius 1 is 0.935 bits per heavy atom. The minimum atomic E-state index is -0.348. The van der Waals surface area contributed by atoms with Crippen molar-refractivity contribution in [1.82, 2.24) is 19.8 Å². The minimum absolute atomic E-state index is 0.0884. The molecule has 3 aromatic carbocycles. The van der Waals surface area contributed by atoms with E-state index in [9.17, 15) is 15.0 Å². The van der Waals surface area contributed by atoms with Crippen molar-refractivity contribution in [3.63, 3.8) is 0 Å². The third kappa shape index (κ3) is 5.43. The molecule has 8 rings (SSSR count). The lowest BCUT2D eigenvalue weighted by Gasteiger charge is -2.42. The zero-order chi connectivity index (χ0) is 31.4. The summed E-state index contributed by atoms with van der Waals surface area (Å²) in [5, 5.41) is 23.9. The van der Waals surface area contributed by atoms with Gasteiger partial charge in [0.1, 0.15) is 18.2 Å². The number of phenols is 1. The molecule has 46 heavy (non-hydrogen) atoms. The monoisotopic (exact) mass is 621 g/mol. The maximum Gasteiger partial charge on any atom is 0.319 e. The summed E-state index contributed by atoms with van der Waals surface area (Å²) in [4.78, 5) is 30.2. The van der Waals surface area contributed by atoms with E-state index in [2.05, 4.69) is 41.1 Å². The second-order valence-corrected chi connectivity index (χ2v) is 13.9. The summed E-state index contributed by atoms with van der Waals surface area (Å²) >= 11 is 0. The molecule has 4 aliphatic rings. The summed E-state index contributed by atoms with van der Waals surface area (Å²) in [6.07, 6.45) is 7.12. The molecule has 4 aromatic rings. The third-order valence-electron chi connectivity index (χ3n) is 11.0. The first-order valence-electron chi connectivity index (χ1n) is 17.0. The average molecular weight is 622 g/mol. The van der Waals surface area contributed by atoms with Gasteiger partial charge >= 0.3 is 6.01 Å². The highest BCUT2D eigenvalue weighted by Gasteiger charge is 2.43. The largest absolute Gasteiger partial charge is 0.508 e. The molecule has 2 bridgehead atoms. The average Bonchev–Trinajstić information content (AvgIpc) is 3.74. The number of likely N-dealkylation sites (N-methyl/N-ethyl adjacent to an activating group) is 1. The van der Waals surface area contributed by atoms with Crippen molar-refractivity contribution in [1.29, 1.82) is 0 Å². The first kappa shape index (κ1) is 29.5. The summed E-state index contributed by atoms with van der Waals surface area (Å²) in [5.74, 6) is 1.36. The molecule has 9 heteroatoms. The molecular formula is C37H43N5O4. The number of aliphatic hydroxyl groups excluding tert-OH is 1. The number of aromatic nitrogens is 2. The molecule has 4 heterocycles. The second-order valence-electron chi connectivity index (χ2n) is 13.9. The highest BCUT2D eigenvalue weighted by molar-refractivity contribution is 6.01. The lowest BCUT2D eigenvalue weighted by atomic mass is 9.97. The van der Waals surface area contributed by atoms with E-state index in [1.165, 1.54) is 6.42 Å². The van der Waals surface area contributed by atoms with E-state index in [0.717, 1.165) is 83.7 Å². The number of phenolic OH excluding ortho intramolecular Hbond substituents is 1. The molecule has 1 saturated carbocycles. The Balaban J connectivity index is 1.14. The summed E-state index contributed by atoms with van der Waals surface area (Å²) in [6, 6.07) is 19.1. The van der Waals surface area contributed by atoms with Crippen molar-refractivity contribution in [2.75, 3.05) is 38.2 Å². The number of rotatable bonds is 7. The first-order valence-corrected chi connectivity index (χ1v) is 17.0. The van der Waals surface area contributed by atoms with Gasteiger partial charge in [0, 0.05) is 43.0 Å². The van der Waals surface area contributed by atoms with Crippen LogP contribution in [0.1, 0.15) is 51.4 Å². The number of aromatic hydroxyl groups is 1. The van der Waals surface area contributed by atoms with Crippen LogP contribution in [0.25, 0.3) is 32.8 Å². The number of hydrogen-bond acceptors (Lipinski definition) is 8. The highest BCUT2D eigenvalue weighted by Crippen LogP contribution is 2.41. The number of fused-ring (bicyclic) bond motifs is 4. The highest BCUT2D eigenvalue weighted by atomic mass is 16.5. The summed E-state index contributed by atoms with van der Waals surface area (Å²) < 4.78 is 6.35. The van der Waals surface area contributed by atoms with Crippen molar-refractivity contribution in [3.05, 3.63) is 54.6 Å². The Labute approximate surface area is 269 Å². The number of ether oxygens (including phenoxy) is 1. The van der Waals surface area contributed by atoms with Gasteiger partial charge in [-0.3, -0.25) is 4.79 Å². The van der Waals surface area contributed by atoms with Gasteiger partial charge < -0.3 is 29.6 Å². The van der Waals surface area contributed by atoms with Gasteiger partial charge in [-0.15, -0.1) is 0 Å². The SMILES string of the molecule is CN1CCC[C@H]1COc1nc(N2C3CCC2CN(C(=O)CC2CCCC2O)C3)c2ccc(-c3cc(O)cc4ccccc34)cc2n1. The molecular weight excluding hydrogens is 578 g/mol. The Kier molecular flexibility index (Phi) is 7.69. The van der Waals surface area contributed by atoms with Crippen LogP contribution in [-0.2, 0) is 4.79 Å². The van der Waals surface area contributed by atoms with Crippen LogP contribution in [0.3, 0.4) is 0 Å². The topological polar surface area (TPSA) is 102 Å². The fourth-order valence-corrected chi connectivity index (χ4v) is 8.48. The van der Waals surface area contributed by atoms with Crippen molar-refractivity contribution in [3.8, 4) is 22.9 Å². The molecule has 3 aliphatic heterocycles. The number of carbonyl (C=O) groups excluding carboxylic acids is 1. The number of carbonyl (C=O) groups is 1. The zero-order valence-corrected chi connectivity index (χ0v) is 26.5. The molecule has 240 valence electrons. The predicted octanol–water partition coefficient (Wildman–Crippen LogP) is 5.36. The molecule has 4 fully saturated rings. The molecule has 4 unspecified atom stereocenters. The van der Waals surface area contributed by atoms with E-state index in [1.54, 1.807) is 6.07 Å². The van der Waals surface area contributed by atoms with E-state index in [0.29, 0.717) is 38.2 Å². The number of likely N-dealkylation sites (tertiary alicyclic amines) is 2. The van der Waals surface area contributed by atoms with Crippen LogP contribution < -0.4 is 9.64 Å². The van der Waals surface area contributed by atoms with E-state index in [4.69, 9.17) is 14.7 Å². The third-order valence-corrected chi connectivity index (χ3v) is 11.0. The number of anilines is 1. The van der Waals surface area contributed by atoms with Crippen LogP contribution in [0, 0.1) is 5.92 Å². The van der Waals surface area contributed by atoms with Crippen LogP contribution in [0.4, 0.5) is 5.82 Å². The number of piperazine rings is 1. The van der Waals surface area contributed by atoms with Gasteiger partial charge in [-0.05, 0) is 104 Å². The smallest absolute Gasteiger partial charge is 0.319 e. The van der Waals surface area contributed by atoms with Crippen LogP contribution in [0.2, 0.25) is 0 Å². The van der Waals surface area contributed by atoms with Gasteiger partial charge in [-0.2, -0.15) is 9.97 Å². The molecule has 2 N–H and O–H groups in total. The maximum atomic E-state index is 13.4. The molecule has 3 saturated heterocycles. The summed E-state index contributed by atoms with van der Waals surface area (Å²) in [7, 11) is 2.14. The fourth-order valence-electron chi connectivity index (χ4n) is 8.48. The van der Waals surface area contributed by atoms with E-state index < -0.39 is 0 Å². The summed E-state index contributed by atoms with van der Waals surface area (Å²) in [5.41, 5.74) is 2.73. The standard InChI is InChI=1S/C37H43N5O4/c1-40-15-5-8-28(40)22-46-37-38-33-17-24(32-19-29(43)16-23-6-2-3-9-30(23)32)11-14-31(33)36(39-37)42-26-12-13-27(42)21-41(20-26)35(45)18-25-7-4-10-34(25)44/h2-3,6,9,11,14,16-17,19,25-28,34,43-44H,4-5,7-8,10,12-13,15,18,20-22H2,1H3/t25?,26?,27?,28-,34?/m0/s1. The molecule has 1 aliphatic carbocycles. The van der Waals surface area contributed by atoms with Crippen molar-refractivity contribution < 1.29 is 19.7 Å². The number of amides is 1. The predicted molar refractivity (Wildman–Crippen MR) is 179 cm³/mol. The van der Waals surface area contributed by atoms with Gasteiger partial charge in [-0.1, -0.05) is 36.8 Å². The Morgan fingerprint density at radius 2 is 1.76 bits per heavy atom. The van der Waals surface area contributed by atoms with Gasteiger partial charge in [-0.25, -0.2) is 0 Å². The normalized spacial score (nSPS) is 26.4. The molecule has 1 amide bonds. The fraction of sp³-hybridized carbons (Fsp3) is 0.486. The van der Waals surface area contributed by atoms with Crippen molar-refractivity contribution in [2.45, 2.75) is 75.6 Å². The van der Waals surface area contributed by atoms with E-state index in [1.807, 2.05) is 29.2 Å². The minimum Gasteiger partial charge on any atom is -0.508 e. The number of aliphatic hydroxyl groups is 1. The van der Waals surface area contributed by atoms with E-state index >= 15 is 0 Å². The number of nitrogens with zero attached hydrogens (tertiary/aromatic N) is 5. The Hall–Kier alpha value is -3.95. The van der Waals surface area contributed by atoms with E-state index in [-0.39, 0.29) is 35.8 Å². The van der Waals surface area contributed by atoms with Crippen LogP contribution in [-0.4, -0.2) is 93.4 Å². The molecule has 0 radical (unpaired) electrons. The van der Waals surface area contributed by atoms with Crippen LogP contribution in [0.5, 0.6) is 11.8 Å². The van der Waals surface area contributed by atoms with Crippen LogP contribution >= 0.6 is 0 Å². The number of benzene rings is 3. The van der Waals surface area contributed by atoms with Crippen molar-refractivity contribution >= 4 is 33.4 Å². The maximum absolute atomic E-state index is 13.4. The van der Waals surface area contributed by atoms with Gasteiger partial charge in [0.25, 0.3) is 0 Å². The molecule has 9 nitrogen and oxygen atoms in total. The zero-order valence-electron chi connectivity index (χ0n) is 26.5. The molecule has 1 aromatic heterocycles. The van der Waals surface area contributed by atoms with Gasteiger partial charge in [0.15, 0.2) is 0 Å². The molecule has 0 spiro atoms. The molecule has 5 atom stereocenters. The first-order chi connectivity index (χ1) is 22.4. The Morgan fingerprint density at radius 3 is 2.52 bits per heavy atom. The lowest BCUT2D eigenvalue weighted by Crippen LogP contribution is -2.56. The Bertz CT molecular complexity index is 1770. The van der Waals surface area contributed by atoms with Gasteiger partial charge in [0.05, 0.1) is 11.6 Å². The second kappa shape index (κ2) is 12.0. The number of hydrogen-bond donors (Lipinski definition) is 2. The quantitative estimate of drug-likeness (QED) is 0.285.